The van der Waals surface area contributed by atoms with Crippen LogP contribution in [0.3, 0.4) is 0 Å². The first-order valence-corrected chi connectivity index (χ1v) is 8.37. The van der Waals surface area contributed by atoms with Crippen LogP contribution in [0.2, 0.25) is 0 Å². The number of rotatable bonds is 3. The Labute approximate surface area is 135 Å². The summed E-state index contributed by atoms with van der Waals surface area (Å²) < 4.78 is 1.16. The first-order valence-electron chi connectivity index (χ1n) is 7.58. The van der Waals surface area contributed by atoms with Crippen LogP contribution in [-0.4, -0.2) is 31.1 Å². The molecule has 1 fully saturated rings. The lowest BCUT2D eigenvalue weighted by atomic mass is 10.2. The average molecular weight is 345 g/mol. The molecule has 1 aliphatic rings. The molecule has 1 aliphatic heterocycles. The van der Waals surface area contributed by atoms with E-state index in [4.69, 9.17) is 0 Å². The average Bonchev–Trinajstić information content (AvgIpc) is 2.74. The Hall–Kier alpha value is -1.32. The van der Waals surface area contributed by atoms with Crippen molar-refractivity contribution in [3.63, 3.8) is 0 Å². The van der Waals surface area contributed by atoms with Crippen LogP contribution < -0.4 is 4.90 Å². The molecule has 0 radical (unpaired) electrons. The molecule has 2 nitrogen and oxygen atoms in total. The maximum atomic E-state index is 3.57. The van der Waals surface area contributed by atoms with Crippen molar-refractivity contribution in [1.82, 2.24) is 4.90 Å². The molecule has 0 unspecified atom stereocenters. The highest BCUT2D eigenvalue weighted by Crippen LogP contribution is 2.21. The van der Waals surface area contributed by atoms with Gasteiger partial charge in [0.25, 0.3) is 0 Å². The van der Waals surface area contributed by atoms with Gasteiger partial charge in [-0.2, -0.15) is 0 Å². The van der Waals surface area contributed by atoms with Gasteiger partial charge in [-0.15, -0.1) is 0 Å². The summed E-state index contributed by atoms with van der Waals surface area (Å²) >= 11 is 3.57. The van der Waals surface area contributed by atoms with E-state index in [0.717, 1.165) is 30.7 Å². The van der Waals surface area contributed by atoms with Crippen LogP contribution in [0.1, 0.15) is 12.0 Å². The Morgan fingerprint density at radius 3 is 2.52 bits per heavy atom. The third-order valence-corrected chi connectivity index (χ3v) is 4.50. The van der Waals surface area contributed by atoms with Crippen LogP contribution in [0.5, 0.6) is 0 Å². The maximum Gasteiger partial charge on any atom is 0.0377 e. The standard InChI is InChI=1S/C18H21BrN2/c19-17-8-4-9-18(14-17)21-11-5-10-20(12-13-21)15-16-6-2-1-3-7-16/h1-4,6-9,14H,5,10-13,15H2. The molecule has 3 rings (SSSR count). The lowest BCUT2D eigenvalue weighted by Crippen LogP contribution is -2.30. The van der Waals surface area contributed by atoms with E-state index in [1.165, 1.54) is 24.2 Å². The van der Waals surface area contributed by atoms with Crippen LogP contribution in [0, 0.1) is 0 Å². The molecule has 0 aliphatic carbocycles. The fraction of sp³-hybridized carbons (Fsp3) is 0.333. The quantitative estimate of drug-likeness (QED) is 0.824. The zero-order chi connectivity index (χ0) is 14.5. The number of hydrogen-bond donors (Lipinski definition) is 0. The van der Waals surface area contributed by atoms with Gasteiger partial charge >= 0.3 is 0 Å². The lowest BCUT2D eigenvalue weighted by molar-refractivity contribution is 0.285. The molecule has 1 saturated heterocycles. The van der Waals surface area contributed by atoms with Gasteiger partial charge < -0.3 is 4.90 Å². The Morgan fingerprint density at radius 1 is 0.857 bits per heavy atom. The van der Waals surface area contributed by atoms with Gasteiger partial charge in [0.15, 0.2) is 0 Å². The molecular weight excluding hydrogens is 324 g/mol. The van der Waals surface area contributed by atoms with E-state index in [2.05, 4.69) is 80.3 Å². The van der Waals surface area contributed by atoms with Crippen molar-refractivity contribution < 1.29 is 0 Å². The van der Waals surface area contributed by atoms with Gasteiger partial charge in [0.05, 0.1) is 0 Å². The number of anilines is 1. The minimum atomic E-state index is 1.06. The molecule has 1 heterocycles. The van der Waals surface area contributed by atoms with Crippen molar-refractivity contribution in [2.45, 2.75) is 13.0 Å². The summed E-state index contributed by atoms with van der Waals surface area (Å²) in [6.45, 7) is 5.61. The van der Waals surface area contributed by atoms with E-state index < -0.39 is 0 Å². The minimum Gasteiger partial charge on any atom is -0.370 e. The summed E-state index contributed by atoms with van der Waals surface area (Å²) in [5.74, 6) is 0. The molecule has 0 atom stereocenters. The first-order chi connectivity index (χ1) is 10.3. The van der Waals surface area contributed by atoms with Gasteiger partial charge in [-0.1, -0.05) is 52.3 Å². The Kier molecular flexibility index (Phi) is 4.94. The van der Waals surface area contributed by atoms with Crippen molar-refractivity contribution in [2.75, 3.05) is 31.1 Å². The fourth-order valence-corrected chi connectivity index (χ4v) is 3.29. The SMILES string of the molecule is Brc1cccc(N2CCCN(Cc3ccccc3)CC2)c1. The predicted molar refractivity (Wildman–Crippen MR) is 92.7 cm³/mol. The van der Waals surface area contributed by atoms with Gasteiger partial charge in [-0.05, 0) is 30.2 Å². The Bertz CT molecular complexity index is 570. The van der Waals surface area contributed by atoms with Crippen molar-refractivity contribution >= 4 is 21.6 Å². The van der Waals surface area contributed by atoms with E-state index in [1.807, 2.05) is 0 Å². The van der Waals surface area contributed by atoms with Crippen LogP contribution in [0.4, 0.5) is 5.69 Å². The molecule has 0 bridgehead atoms. The summed E-state index contributed by atoms with van der Waals surface area (Å²) in [6, 6.07) is 19.4. The van der Waals surface area contributed by atoms with E-state index in [-0.39, 0.29) is 0 Å². The van der Waals surface area contributed by atoms with Crippen molar-refractivity contribution in [1.29, 1.82) is 0 Å². The third-order valence-electron chi connectivity index (χ3n) is 4.01. The summed E-state index contributed by atoms with van der Waals surface area (Å²) in [6.07, 6.45) is 1.22. The third kappa shape index (κ3) is 4.08. The van der Waals surface area contributed by atoms with Gasteiger partial charge in [0.2, 0.25) is 0 Å². The molecule has 0 spiro atoms. The highest BCUT2D eigenvalue weighted by atomic mass is 79.9. The van der Waals surface area contributed by atoms with Crippen LogP contribution in [0.25, 0.3) is 0 Å². The van der Waals surface area contributed by atoms with E-state index in [1.54, 1.807) is 0 Å². The summed E-state index contributed by atoms with van der Waals surface area (Å²) in [5.41, 5.74) is 2.74. The summed E-state index contributed by atoms with van der Waals surface area (Å²) in [5, 5.41) is 0. The zero-order valence-corrected chi connectivity index (χ0v) is 13.8. The van der Waals surface area contributed by atoms with E-state index in [9.17, 15) is 0 Å². The smallest absolute Gasteiger partial charge is 0.0377 e. The number of halogens is 1. The highest BCUT2D eigenvalue weighted by Gasteiger charge is 2.15. The van der Waals surface area contributed by atoms with E-state index in [0.29, 0.717) is 0 Å². The summed E-state index contributed by atoms with van der Waals surface area (Å²) in [4.78, 5) is 5.06. The second-order valence-electron chi connectivity index (χ2n) is 5.58. The highest BCUT2D eigenvalue weighted by molar-refractivity contribution is 9.10. The maximum absolute atomic E-state index is 3.57. The largest absolute Gasteiger partial charge is 0.370 e. The molecule has 2 aromatic carbocycles. The topological polar surface area (TPSA) is 6.48 Å². The second kappa shape index (κ2) is 7.10. The van der Waals surface area contributed by atoms with Gasteiger partial charge in [-0.25, -0.2) is 0 Å². The van der Waals surface area contributed by atoms with E-state index >= 15 is 0 Å². The van der Waals surface area contributed by atoms with Crippen molar-refractivity contribution in [3.05, 3.63) is 64.6 Å². The van der Waals surface area contributed by atoms with Crippen LogP contribution in [0.15, 0.2) is 59.1 Å². The number of nitrogens with zero attached hydrogens (tertiary/aromatic N) is 2. The normalized spacial score (nSPS) is 16.7. The molecule has 21 heavy (non-hydrogen) atoms. The molecule has 0 saturated carbocycles. The predicted octanol–water partition coefficient (Wildman–Crippen LogP) is 4.16. The summed E-state index contributed by atoms with van der Waals surface area (Å²) in [7, 11) is 0. The molecule has 0 aromatic heterocycles. The monoisotopic (exact) mass is 344 g/mol. The van der Waals surface area contributed by atoms with Crippen molar-refractivity contribution in [3.8, 4) is 0 Å². The minimum absolute atomic E-state index is 1.06. The van der Waals surface area contributed by atoms with Crippen LogP contribution in [-0.2, 0) is 6.54 Å². The fourth-order valence-electron chi connectivity index (χ4n) is 2.90. The molecule has 3 heteroatoms. The Balaban J connectivity index is 1.62. The zero-order valence-electron chi connectivity index (χ0n) is 12.2. The number of hydrogen-bond acceptors (Lipinski definition) is 2. The van der Waals surface area contributed by atoms with Gasteiger partial charge in [-0.3, -0.25) is 4.90 Å². The number of benzene rings is 2. The van der Waals surface area contributed by atoms with Crippen LogP contribution >= 0.6 is 15.9 Å². The molecular formula is C18H21BrN2. The van der Waals surface area contributed by atoms with Crippen molar-refractivity contribution in [2.24, 2.45) is 0 Å². The molecule has 0 amide bonds. The molecule has 110 valence electrons. The Morgan fingerprint density at radius 2 is 1.71 bits per heavy atom. The lowest BCUT2D eigenvalue weighted by Gasteiger charge is -2.24. The first kappa shape index (κ1) is 14.6. The van der Waals surface area contributed by atoms with Gasteiger partial charge in [0, 0.05) is 42.9 Å². The second-order valence-corrected chi connectivity index (χ2v) is 6.50. The molecule has 0 N–H and O–H groups in total. The molecule has 2 aromatic rings. The van der Waals surface area contributed by atoms with Gasteiger partial charge in [0.1, 0.15) is 0 Å².